The van der Waals surface area contributed by atoms with Crippen LogP contribution in [-0.4, -0.2) is 279 Å². The highest BCUT2D eigenvalue weighted by Crippen LogP contribution is 2.62. The number of halogens is 1. The molecule has 7 amide bonds. The second kappa shape index (κ2) is 40.4. The van der Waals surface area contributed by atoms with Gasteiger partial charge in [0.15, 0.2) is 29.3 Å². The molecular weight excluding hydrogens is 1680 g/mol. The number of aliphatic hydroxyl groups is 6. The number of fused-ring (bicyclic) bond motifs is 6. The van der Waals surface area contributed by atoms with E-state index in [0.717, 1.165) is 15.6 Å². The maximum atomic E-state index is 15.5. The average molecular weight is 1770 g/mol. The Kier molecular flexibility index (Phi) is 30.2. The van der Waals surface area contributed by atoms with Gasteiger partial charge in [-0.3, -0.25) is 61.7 Å². The largest absolute Gasteiger partial charge is 0.483 e. The normalized spacial score (nSPS) is 22.6. The summed E-state index contributed by atoms with van der Waals surface area (Å²) < 4.78 is 102. The number of nitrogens with one attached hydrogen (secondary N) is 8. The number of pyridine rings is 2. The molecule has 0 saturated carbocycles. The van der Waals surface area contributed by atoms with E-state index in [1.807, 2.05) is 0 Å². The van der Waals surface area contributed by atoms with E-state index in [1.54, 1.807) is 50.2 Å². The first kappa shape index (κ1) is 91.7. The quantitative estimate of drug-likeness (QED) is 0.00735. The Morgan fingerprint density at radius 3 is 2.20 bits per heavy atom. The molecule has 48 nitrogen and oxygen atoms in total. The van der Waals surface area contributed by atoms with Gasteiger partial charge in [-0.1, -0.05) is 42.5 Å². The van der Waals surface area contributed by atoms with Crippen molar-refractivity contribution in [2.75, 3.05) is 98.1 Å². The van der Waals surface area contributed by atoms with E-state index in [9.17, 15) is 97.5 Å². The van der Waals surface area contributed by atoms with E-state index in [2.05, 4.69) is 66.8 Å². The molecule has 123 heavy (non-hydrogen) atoms. The number of nitrogen functional groups attached to an aromatic ring is 1. The second-order valence-electron chi connectivity index (χ2n) is 28.8. The third-order valence-electron chi connectivity index (χ3n) is 20.4. The first-order chi connectivity index (χ1) is 58.7. The van der Waals surface area contributed by atoms with E-state index >= 15 is 4.39 Å². The summed E-state index contributed by atoms with van der Waals surface area (Å²) in [5.74, 6) is -6.51. The molecule has 4 aliphatic heterocycles. The number of nitrogens with zero attached hydrogens (tertiary/aromatic N) is 8. The van der Waals surface area contributed by atoms with Crippen molar-refractivity contribution < 1.29 is 144 Å². The number of hydrogen-bond acceptors (Lipinski definition) is 35. The molecule has 2 aromatic carbocycles. The topological polar surface area (TPSA) is 673 Å². The van der Waals surface area contributed by atoms with Crippen molar-refractivity contribution in [3.8, 4) is 11.4 Å². The number of aromatic nitrogens is 9. The first-order valence-corrected chi connectivity index (χ1v) is 41.4. The van der Waals surface area contributed by atoms with Crippen LogP contribution in [0.25, 0.3) is 33.5 Å². The molecule has 0 spiro atoms. The van der Waals surface area contributed by atoms with Crippen LogP contribution in [0.1, 0.15) is 83.1 Å². The number of carbonyl (C=O) groups is 8. The number of aliphatic hydroxyl groups excluding tert-OH is 5. The van der Waals surface area contributed by atoms with E-state index in [-0.39, 0.29) is 119 Å². The molecule has 0 bridgehead atoms. The predicted molar refractivity (Wildman–Crippen MR) is 411 cm³/mol. The number of imidazole rings is 1. The number of aromatic amines is 1. The van der Waals surface area contributed by atoms with Crippen LogP contribution in [0.4, 0.5) is 10.3 Å². The SMILES string of the molecule is CC[C@@]1(O)C(=O)OCc2c1cc1n(c2=O)Cc2c-1nc1cc(F)c(C)c3c1c2[C@@H](NC(=O)COCNC(=O)CNC(=O)[C@H](Cc1ccccc1)NC(=O)CNC(=O)CNC(=O)CCOCCOCCOCCOCc1cn(CC(=O)NCC2O[C@H](OP(=O)(O)OP(=O)(O)OC[C@H]4O[C@@H](n5cnc6c(=O)[nH]c(N)nc65)C(O)C4O)C(O)C(O)[C@@H]2O)nn1)CC3. The summed E-state index contributed by atoms with van der Waals surface area (Å²) in [6.07, 6.45) is -14.1. The number of carbonyl (C=O) groups excluding carboxylic acids is 8. The van der Waals surface area contributed by atoms with E-state index in [4.69, 9.17) is 57.7 Å². The highest BCUT2D eigenvalue weighted by Gasteiger charge is 2.51. The minimum absolute atomic E-state index is 0.0102. The van der Waals surface area contributed by atoms with Crippen LogP contribution in [-0.2, 0) is 143 Å². The molecule has 51 heteroatoms. The van der Waals surface area contributed by atoms with Gasteiger partial charge in [-0.15, -0.1) is 5.10 Å². The lowest BCUT2D eigenvalue weighted by atomic mass is 9.81. The van der Waals surface area contributed by atoms with Crippen molar-refractivity contribution in [2.45, 2.75) is 145 Å². The molecule has 2 saturated heterocycles. The fourth-order valence-corrected chi connectivity index (χ4v) is 16.3. The zero-order valence-electron chi connectivity index (χ0n) is 65.7. The summed E-state index contributed by atoms with van der Waals surface area (Å²) in [5.41, 5.74) is 6.36. The van der Waals surface area contributed by atoms with Crippen molar-refractivity contribution in [3.05, 3.63) is 126 Å². The molecule has 14 atom stereocenters. The van der Waals surface area contributed by atoms with Gasteiger partial charge in [0.1, 0.15) is 86.8 Å². The number of anilines is 1. The zero-order chi connectivity index (χ0) is 88.2. The number of esters is 1. The summed E-state index contributed by atoms with van der Waals surface area (Å²) in [6.45, 7) is -1.00. The van der Waals surface area contributed by atoms with E-state index in [1.165, 1.54) is 16.8 Å². The van der Waals surface area contributed by atoms with Crippen LogP contribution in [0.3, 0.4) is 0 Å². The summed E-state index contributed by atoms with van der Waals surface area (Å²) >= 11 is 0. The number of benzene rings is 2. The highest BCUT2D eigenvalue weighted by atomic mass is 31.3. The molecule has 666 valence electrons. The Morgan fingerprint density at radius 2 is 1.46 bits per heavy atom. The number of phosphoric acid groups is 2. The smallest absolute Gasteiger partial charge is 0.458 e. The molecule has 18 N–H and O–H groups in total. The number of cyclic esters (lactones) is 1. The Balaban J connectivity index is 0.474. The third-order valence-corrected chi connectivity index (χ3v) is 23.0. The lowest BCUT2D eigenvalue weighted by molar-refractivity contribution is -0.273. The summed E-state index contributed by atoms with van der Waals surface area (Å²) in [6, 6.07) is 9.59. The summed E-state index contributed by atoms with van der Waals surface area (Å²) in [5, 5.41) is 90.3. The summed E-state index contributed by atoms with van der Waals surface area (Å²) in [4.78, 5) is 166. The Labute approximate surface area is 694 Å². The number of nitrogens with two attached hydrogens (primary N) is 1. The Bertz CT molecular complexity index is 5320. The zero-order valence-corrected chi connectivity index (χ0v) is 67.5. The molecule has 12 rings (SSSR count). The Hall–Kier alpha value is -10.5. The molecule has 7 aromatic rings. The first-order valence-electron chi connectivity index (χ1n) is 38.4. The molecule has 1 aliphatic carbocycles. The predicted octanol–water partition coefficient (Wildman–Crippen LogP) is -5.45. The minimum atomic E-state index is -5.82. The van der Waals surface area contributed by atoms with E-state index < -0.39 is 205 Å². The molecule has 5 aromatic heterocycles. The monoisotopic (exact) mass is 1770 g/mol. The van der Waals surface area contributed by atoms with Crippen LogP contribution in [0.15, 0.2) is 64.6 Å². The second-order valence-corrected chi connectivity index (χ2v) is 31.7. The number of amides is 7. The molecule has 0 radical (unpaired) electrons. The third kappa shape index (κ3) is 22.4. The van der Waals surface area contributed by atoms with Crippen LogP contribution >= 0.6 is 15.6 Å². The lowest BCUT2D eigenvalue weighted by Gasteiger charge is -2.40. The maximum Gasteiger partial charge on any atom is 0.483 e. The number of ether oxygens (including phenoxy) is 8. The number of phosphoric ester groups is 2. The minimum Gasteiger partial charge on any atom is -0.458 e. The molecule has 5 aliphatic rings. The van der Waals surface area contributed by atoms with Gasteiger partial charge in [0.05, 0.1) is 127 Å². The van der Waals surface area contributed by atoms with Crippen LogP contribution in [0.2, 0.25) is 0 Å². The van der Waals surface area contributed by atoms with Gasteiger partial charge in [0.25, 0.3) is 11.1 Å². The molecular formula is C72H90FN17O31P2. The van der Waals surface area contributed by atoms with Crippen LogP contribution < -0.4 is 54.1 Å². The molecule has 9 heterocycles. The standard InChI is InChI=1S/C72H90FN17O31P2/c1-3-72(106)41-20-46-57-39(27-89(46)67(104)40(41)30-116-70(72)105)56-43(10-9-38-35(2)42(73)21-44(83-57)55(38)56)81-54(96)32-115-34-80-51(93)24-78-65(102)45(19-36-7-5-4-6-8-36)82-52(94)25-77-50(92)23-76-49(91)11-12-111-13-14-112-15-16-113-17-18-114-29-37-26-88(87-86-37)28-53(95)75-22-47-59(97)61(99)63(101)69(119-47)120-123(109,110)121-122(107,108)117-31-48-60(98)62(100)68(118-48)90-33-79-58-64(90)84-71(74)85-66(58)103/h4-8,20-21,26,33,43,45,47-48,59-63,68-69,97-101,106H,3,9-19,22-25,27-32,34H2,1-2H3,(H,75,95)(H,76,91)(H,77,92)(H,78,102)(H,80,93)(H,81,96)(H,82,94)(H,107,108)(H,109,110)(H3,74,84,85,103)/t43-,45-,47?,48+,59+,60?,61?,62?,63?,68+,69+,72-/m0/s1. The van der Waals surface area contributed by atoms with Crippen LogP contribution in [0.5, 0.6) is 0 Å². The molecule has 2 fully saturated rings. The number of hydrogen-bond donors (Lipinski definition) is 17. The average Bonchev–Trinajstić information content (AvgIpc) is 1.56. The van der Waals surface area contributed by atoms with Crippen molar-refractivity contribution in [2.24, 2.45) is 0 Å². The van der Waals surface area contributed by atoms with Gasteiger partial charge in [0.2, 0.25) is 47.3 Å². The maximum absolute atomic E-state index is 15.5. The number of H-pyrrole nitrogens is 1. The lowest BCUT2D eigenvalue weighted by Crippen LogP contribution is -2.60. The highest BCUT2D eigenvalue weighted by molar-refractivity contribution is 7.61. The van der Waals surface area contributed by atoms with Crippen molar-refractivity contribution in [3.63, 3.8) is 0 Å². The van der Waals surface area contributed by atoms with Gasteiger partial charge in [-0.05, 0) is 54.5 Å². The van der Waals surface area contributed by atoms with E-state index in [0.29, 0.717) is 63.1 Å². The summed E-state index contributed by atoms with van der Waals surface area (Å²) in [7, 11) is -11.5. The van der Waals surface area contributed by atoms with Crippen molar-refractivity contribution in [1.82, 2.24) is 81.3 Å². The fraction of sp³-hybridized carbons (Fsp3) is 0.514. The number of aryl methyl sites for hydroxylation is 1. The van der Waals surface area contributed by atoms with Gasteiger partial charge in [-0.25, -0.2) is 33.0 Å². The Morgan fingerprint density at radius 1 is 0.764 bits per heavy atom. The van der Waals surface area contributed by atoms with Crippen LogP contribution in [0, 0.1) is 12.7 Å². The van der Waals surface area contributed by atoms with Gasteiger partial charge in [-0.2, -0.15) is 9.29 Å². The van der Waals surface area contributed by atoms with Crippen molar-refractivity contribution >= 4 is 91.0 Å². The fourth-order valence-electron chi connectivity index (χ4n) is 14.1. The molecule has 7 unspecified atom stereocenters. The van der Waals surface area contributed by atoms with Crippen molar-refractivity contribution in [1.29, 1.82) is 0 Å². The van der Waals surface area contributed by atoms with Gasteiger partial charge in [0, 0.05) is 42.0 Å². The van der Waals surface area contributed by atoms with Gasteiger partial charge >= 0.3 is 21.6 Å². The number of rotatable bonds is 42. The van der Waals surface area contributed by atoms with Gasteiger partial charge < -0.3 is 126 Å².